The van der Waals surface area contributed by atoms with Gasteiger partial charge in [-0.15, -0.1) is 0 Å². The molecule has 1 saturated carbocycles. The zero-order valence-electron chi connectivity index (χ0n) is 31.8. The van der Waals surface area contributed by atoms with Crippen molar-refractivity contribution < 1.29 is 23.5 Å². The summed E-state index contributed by atoms with van der Waals surface area (Å²) in [5, 5.41) is 18.9. The van der Waals surface area contributed by atoms with Crippen molar-refractivity contribution in [2.24, 2.45) is 12.5 Å². The average Bonchev–Trinajstić information content (AvgIpc) is 3.79. The molecule has 0 unspecified atom stereocenters. The molecule has 1 N–H and O–H groups in total. The first-order valence-corrected chi connectivity index (χ1v) is 20.0. The molecule has 9 rings (SSSR count). The summed E-state index contributed by atoms with van der Waals surface area (Å²) in [5.74, 6) is -0.0392. The van der Waals surface area contributed by atoms with Crippen molar-refractivity contribution in [1.29, 1.82) is 0 Å². The van der Waals surface area contributed by atoms with E-state index in [1.807, 2.05) is 23.1 Å². The molecule has 5 aliphatic rings. The quantitative estimate of drug-likeness (QED) is 0.216. The van der Waals surface area contributed by atoms with Crippen LogP contribution in [0.3, 0.4) is 0 Å². The van der Waals surface area contributed by atoms with Crippen molar-refractivity contribution >= 4 is 29.1 Å². The fourth-order valence-electron chi connectivity index (χ4n) is 10.2. The summed E-state index contributed by atoms with van der Waals surface area (Å²) in [5.41, 5.74) is 7.07. The number of anilines is 3. The second kappa shape index (κ2) is 14.1. The second-order valence-electron chi connectivity index (χ2n) is 16.6. The molecule has 4 aliphatic heterocycles. The molecule has 290 valence electrons. The van der Waals surface area contributed by atoms with E-state index in [1.54, 1.807) is 49.2 Å². The maximum Gasteiger partial charge on any atom is 0.335 e. The second-order valence-corrected chi connectivity index (χ2v) is 16.6. The molecule has 11 nitrogen and oxygen atoms in total. The van der Waals surface area contributed by atoms with Crippen molar-refractivity contribution in [3.8, 4) is 11.1 Å². The molecule has 3 fully saturated rings. The van der Waals surface area contributed by atoms with Gasteiger partial charge in [0, 0.05) is 106 Å². The Bertz CT molecular complexity index is 2090. The zero-order chi connectivity index (χ0) is 38.0. The van der Waals surface area contributed by atoms with Crippen LogP contribution in [0.4, 0.5) is 26.0 Å². The number of piperidine rings is 1. The highest BCUT2D eigenvalue weighted by Gasteiger charge is 2.48. The maximum atomic E-state index is 14.7. The van der Waals surface area contributed by atoms with Gasteiger partial charge in [-0.3, -0.25) is 19.1 Å². The third-order valence-electron chi connectivity index (χ3n) is 13.3. The number of rotatable bonds is 7. The molecule has 2 aromatic carbocycles. The SMILES string of the molecule is CC(=O)N1CCc2c(c(N3CCCc4cc(-c5cnn(C)c5)c(C(F)F)cc43)nn2C2CCC3(CC2)CN(C2CCN(c4ccc(C(=O)O)cc4)CC2)C3)C1. The minimum atomic E-state index is -2.64. The van der Waals surface area contributed by atoms with E-state index in [0.29, 0.717) is 47.8 Å². The lowest BCUT2D eigenvalue weighted by Gasteiger charge is -2.57. The number of hydrogen-bond acceptors (Lipinski definition) is 7. The van der Waals surface area contributed by atoms with Crippen molar-refractivity contribution in [3.05, 3.63) is 76.7 Å². The number of carbonyl (C=O) groups excluding carboxylic acids is 1. The predicted molar refractivity (Wildman–Crippen MR) is 206 cm³/mol. The number of fused-ring (bicyclic) bond motifs is 2. The standard InChI is InChI=1S/C42H50F2N8O3/c1-27(53)49-19-13-37-36(24-49)40(51-16-3-4-29-20-34(30-22-45-47(2)23-30)35(39(43)44)21-38(29)51)46-52(37)33-9-14-42(15-10-33)25-50(26-42)32-11-17-48(18-12-32)31-7-5-28(6-8-31)41(54)55/h5-8,20-23,32-33,39H,3-4,9-19,24-26H2,1-2H3,(H,54,55). The molecule has 1 amide bonds. The number of nitrogens with zero attached hydrogens (tertiary/aromatic N) is 8. The normalized spacial score (nSPS) is 20.5. The first-order valence-electron chi connectivity index (χ1n) is 20.0. The van der Waals surface area contributed by atoms with Crippen LogP contribution in [0.15, 0.2) is 48.8 Å². The van der Waals surface area contributed by atoms with Gasteiger partial charge in [-0.25, -0.2) is 13.6 Å². The van der Waals surface area contributed by atoms with Gasteiger partial charge in [-0.05, 0) is 104 Å². The van der Waals surface area contributed by atoms with E-state index in [4.69, 9.17) is 5.10 Å². The molecule has 6 heterocycles. The molecule has 0 radical (unpaired) electrons. The van der Waals surface area contributed by atoms with E-state index in [0.717, 1.165) is 112 Å². The van der Waals surface area contributed by atoms with Crippen LogP contribution in [0.1, 0.15) is 97.1 Å². The Kier molecular flexibility index (Phi) is 9.18. The van der Waals surface area contributed by atoms with Crippen molar-refractivity contribution in [2.75, 3.05) is 49.1 Å². The smallest absolute Gasteiger partial charge is 0.335 e. The monoisotopic (exact) mass is 752 g/mol. The predicted octanol–water partition coefficient (Wildman–Crippen LogP) is 6.99. The highest BCUT2D eigenvalue weighted by Crippen LogP contribution is 2.50. The zero-order valence-corrected chi connectivity index (χ0v) is 31.8. The Morgan fingerprint density at radius 1 is 0.945 bits per heavy atom. The van der Waals surface area contributed by atoms with Gasteiger partial charge in [-0.1, -0.05) is 0 Å². The molecule has 0 bridgehead atoms. The van der Waals surface area contributed by atoms with Crippen molar-refractivity contribution in [1.82, 2.24) is 29.4 Å². The molecule has 2 saturated heterocycles. The topological polar surface area (TPSA) is 103 Å². The lowest BCUT2D eigenvalue weighted by atomic mass is 9.66. The van der Waals surface area contributed by atoms with Gasteiger partial charge >= 0.3 is 5.97 Å². The number of likely N-dealkylation sites (tertiary alicyclic amines) is 1. The van der Waals surface area contributed by atoms with Crippen LogP contribution in [0.25, 0.3) is 11.1 Å². The van der Waals surface area contributed by atoms with Crippen LogP contribution < -0.4 is 9.80 Å². The number of amides is 1. The summed E-state index contributed by atoms with van der Waals surface area (Å²) >= 11 is 0. The number of aromatic carboxylic acids is 1. The Labute approximate surface area is 320 Å². The van der Waals surface area contributed by atoms with Gasteiger partial charge in [0.25, 0.3) is 6.43 Å². The number of alkyl halides is 2. The number of hydrogen-bond donors (Lipinski definition) is 1. The van der Waals surface area contributed by atoms with Gasteiger partial charge in [0.05, 0.1) is 24.3 Å². The molecule has 4 aromatic rings. The number of benzene rings is 2. The van der Waals surface area contributed by atoms with E-state index >= 15 is 0 Å². The number of carbonyl (C=O) groups is 2. The first-order chi connectivity index (χ1) is 26.6. The average molecular weight is 753 g/mol. The molecular weight excluding hydrogens is 703 g/mol. The summed E-state index contributed by atoms with van der Waals surface area (Å²) in [6.45, 7) is 7.70. The largest absolute Gasteiger partial charge is 0.478 e. The van der Waals surface area contributed by atoms with E-state index in [2.05, 4.69) is 24.5 Å². The lowest BCUT2D eigenvalue weighted by molar-refractivity contribution is -0.129. The van der Waals surface area contributed by atoms with E-state index in [1.165, 1.54) is 5.69 Å². The number of halogens is 2. The fourth-order valence-corrected chi connectivity index (χ4v) is 10.2. The molecule has 55 heavy (non-hydrogen) atoms. The number of aryl methyl sites for hydroxylation is 2. The van der Waals surface area contributed by atoms with Gasteiger partial charge < -0.3 is 19.8 Å². The van der Waals surface area contributed by atoms with Crippen molar-refractivity contribution in [2.45, 2.75) is 89.8 Å². The Morgan fingerprint density at radius 2 is 1.69 bits per heavy atom. The van der Waals surface area contributed by atoms with Gasteiger partial charge in [-0.2, -0.15) is 10.2 Å². The van der Waals surface area contributed by atoms with Crippen LogP contribution in [-0.2, 0) is 31.2 Å². The number of carboxylic acid groups (broad SMARTS) is 1. The highest BCUT2D eigenvalue weighted by atomic mass is 19.3. The molecule has 1 aliphatic carbocycles. The van der Waals surface area contributed by atoms with E-state index in [-0.39, 0.29) is 17.5 Å². The first kappa shape index (κ1) is 35.9. The fraction of sp³-hybridized carbons (Fsp3) is 0.524. The van der Waals surface area contributed by atoms with E-state index in [9.17, 15) is 23.5 Å². The van der Waals surface area contributed by atoms with Crippen molar-refractivity contribution in [3.63, 3.8) is 0 Å². The Hall–Kier alpha value is -4.78. The van der Waals surface area contributed by atoms with Crippen LogP contribution in [0.5, 0.6) is 0 Å². The third-order valence-corrected chi connectivity index (χ3v) is 13.3. The van der Waals surface area contributed by atoms with Crippen LogP contribution in [0.2, 0.25) is 0 Å². The highest BCUT2D eigenvalue weighted by molar-refractivity contribution is 5.88. The molecule has 2 aromatic heterocycles. The van der Waals surface area contributed by atoms with Crippen LogP contribution in [0, 0.1) is 5.41 Å². The summed E-state index contributed by atoms with van der Waals surface area (Å²) in [6.07, 6.45) is 9.88. The Morgan fingerprint density at radius 3 is 2.35 bits per heavy atom. The molecule has 13 heteroatoms. The molecular formula is C42H50F2N8O3. The van der Waals surface area contributed by atoms with Gasteiger partial charge in [0.15, 0.2) is 5.82 Å². The van der Waals surface area contributed by atoms with Gasteiger partial charge in [0.2, 0.25) is 5.91 Å². The lowest BCUT2D eigenvalue weighted by Crippen LogP contribution is -2.62. The Balaban J connectivity index is 0.908. The van der Waals surface area contributed by atoms with E-state index < -0.39 is 12.4 Å². The maximum absolute atomic E-state index is 14.7. The number of carboxylic acids is 1. The van der Waals surface area contributed by atoms with Crippen LogP contribution >= 0.6 is 0 Å². The third kappa shape index (κ3) is 6.57. The molecule has 0 atom stereocenters. The minimum absolute atomic E-state index is 0.00209. The summed E-state index contributed by atoms with van der Waals surface area (Å²) in [4.78, 5) is 33.0. The summed E-state index contributed by atoms with van der Waals surface area (Å²) < 4.78 is 33.3. The molecule has 1 spiro atoms. The van der Waals surface area contributed by atoms with Gasteiger partial charge in [0.1, 0.15) is 0 Å². The summed E-state index contributed by atoms with van der Waals surface area (Å²) in [7, 11) is 1.79. The van der Waals surface area contributed by atoms with Crippen LogP contribution in [-0.4, -0.2) is 91.7 Å². The minimum Gasteiger partial charge on any atom is -0.478 e. The summed E-state index contributed by atoms with van der Waals surface area (Å²) in [6, 6.07) is 11.7. The number of aromatic nitrogens is 4.